The number of carbonyl (C=O) groups is 1. The van der Waals surface area contributed by atoms with Crippen molar-refractivity contribution < 1.29 is 9.90 Å². The number of carboxylic acids is 1. The van der Waals surface area contributed by atoms with E-state index in [0.29, 0.717) is 12.3 Å². The summed E-state index contributed by atoms with van der Waals surface area (Å²) in [7, 11) is 0. The Hall–Kier alpha value is -1.36. The van der Waals surface area contributed by atoms with E-state index in [0.717, 1.165) is 19.5 Å². The van der Waals surface area contributed by atoms with Crippen LogP contribution in [0.2, 0.25) is 0 Å². The molecule has 0 atom stereocenters. The molecule has 0 aromatic rings. The Morgan fingerprint density at radius 3 is 3.15 bits per heavy atom. The SMILES string of the molecule is N/C(=C\C1=NCCCNC1)C(=O)O. The van der Waals surface area contributed by atoms with Crippen molar-refractivity contribution in [3.63, 3.8) is 0 Å². The van der Waals surface area contributed by atoms with E-state index in [1.807, 2.05) is 0 Å². The van der Waals surface area contributed by atoms with Crippen LogP contribution in [0.1, 0.15) is 6.42 Å². The van der Waals surface area contributed by atoms with Gasteiger partial charge in [-0.25, -0.2) is 4.79 Å². The van der Waals surface area contributed by atoms with Crippen molar-refractivity contribution in [2.24, 2.45) is 10.7 Å². The number of aliphatic carboxylic acids is 1. The van der Waals surface area contributed by atoms with Gasteiger partial charge in [0.15, 0.2) is 0 Å². The second-order valence-corrected chi connectivity index (χ2v) is 2.81. The first-order valence-electron chi connectivity index (χ1n) is 4.14. The fourth-order valence-corrected chi connectivity index (χ4v) is 1.04. The molecule has 0 saturated heterocycles. The average molecular weight is 183 g/mol. The zero-order valence-corrected chi connectivity index (χ0v) is 7.29. The molecule has 0 fully saturated rings. The first-order chi connectivity index (χ1) is 6.20. The quantitative estimate of drug-likeness (QED) is 0.496. The molecule has 4 N–H and O–H groups in total. The average Bonchev–Trinajstić information content (AvgIpc) is 2.32. The minimum Gasteiger partial charge on any atom is -0.477 e. The monoisotopic (exact) mass is 183 g/mol. The van der Waals surface area contributed by atoms with Crippen LogP contribution in [0.3, 0.4) is 0 Å². The van der Waals surface area contributed by atoms with Gasteiger partial charge in [-0.05, 0) is 19.0 Å². The van der Waals surface area contributed by atoms with E-state index >= 15 is 0 Å². The standard InChI is InChI=1S/C8H13N3O2/c9-7(8(12)13)4-6-5-10-2-1-3-11-6/h4,10H,1-3,5,9H2,(H,12,13)/b7-4-. The fraction of sp³-hybridized carbons (Fsp3) is 0.500. The number of rotatable bonds is 2. The Morgan fingerprint density at radius 1 is 1.69 bits per heavy atom. The van der Waals surface area contributed by atoms with Gasteiger partial charge in [-0.2, -0.15) is 0 Å². The van der Waals surface area contributed by atoms with Gasteiger partial charge in [0.05, 0.1) is 5.71 Å². The molecule has 72 valence electrons. The van der Waals surface area contributed by atoms with Crippen molar-refractivity contribution >= 4 is 11.7 Å². The molecule has 0 aromatic carbocycles. The summed E-state index contributed by atoms with van der Waals surface area (Å²) in [6, 6.07) is 0. The van der Waals surface area contributed by atoms with Crippen LogP contribution in [0.25, 0.3) is 0 Å². The molecule has 0 amide bonds. The molecule has 13 heavy (non-hydrogen) atoms. The summed E-state index contributed by atoms with van der Waals surface area (Å²) in [5.41, 5.74) is 5.79. The Kier molecular flexibility index (Phi) is 3.45. The van der Waals surface area contributed by atoms with E-state index in [1.165, 1.54) is 6.08 Å². The summed E-state index contributed by atoms with van der Waals surface area (Å²) in [5, 5.41) is 11.6. The number of nitrogens with one attached hydrogen (secondary N) is 1. The first kappa shape index (κ1) is 9.73. The lowest BCUT2D eigenvalue weighted by atomic mass is 10.3. The maximum Gasteiger partial charge on any atom is 0.351 e. The smallest absolute Gasteiger partial charge is 0.351 e. The molecule has 1 heterocycles. The van der Waals surface area contributed by atoms with E-state index < -0.39 is 5.97 Å². The molecular weight excluding hydrogens is 170 g/mol. The zero-order valence-electron chi connectivity index (χ0n) is 7.29. The van der Waals surface area contributed by atoms with Crippen molar-refractivity contribution in [3.05, 3.63) is 11.8 Å². The molecule has 0 aliphatic carbocycles. The highest BCUT2D eigenvalue weighted by molar-refractivity contribution is 6.02. The molecule has 0 unspecified atom stereocenters. The van der Waals surface area contributed by atoms with Crippen molar-refractivity contribution in [1.82, 2.24) is 5.32 Å². The molecular formula is C8H13N3O2. The highest BCUT2D eigenvalue weighted by Gasteiger charge is 2.05. The number of aliphatic imine (C=N–C) groups is 1. The second kappa shape index (κ2) is 4.61. The van der Waals surface area contributed by atoms with Crippen LogP contribution in [-0.4, -0.2) is 36.4 Å². The van der Waals surface area contributed by atoms with Gasteiger partial charge in [-0.3, -0.25) is 4.99 Å². The van der Waals surface area contributed by atoms with Crippen LogP contribution in [0.4, 0.5) is 0 Å². The number of carboxylic acid groups (broad SMARTS) is 1. The van der Waals surface area contributed by atoms with Crippen molar-refractivity contribution in [1.29, 1.82) is 0 Å². The molecule has 0 radical (unpaired) electrons. The summed E-state index contributed by atoms with van der Waals surface area (Å²) < 4.78 is 0. The van der Waals surface area contributed by atoms with Crippen LogP contribution < -0.4 is 11.1 Å². The van der Waals surface area contributed by atoms with Crippen molar-refractivity contribution in [2.75, 3.05) is 19.6 Å². The maximum absolute atomic E-state index is 10.4. The van der Waals surface area contributed by atoms with E-state index in [1.54, 1.807) is 0 Å². The third kappa shape index (κ3) is 3.25. The van der Waals surface area contributed by atoms with Crippen molar-refractivity contribution in [2.45, 2.75) is 6.42 Å². The van der Waals surface area contributed by atoms with Crippen LogP contribution in [0, 0.1) is 0 Å². The predicted molar refractivity (Wildman–Crippen MR) is 49.7 cm³/mol. The minimum absolute atomic E-state index is 0.164. The van der Waals surface area contributed by atoms with Crippen molar-refractivity contribution in [3.8, 4) is 0 Å². The van der Waals surface area contributed by atoms with Gasteiger partial charge in [-0.1, -0.05) is 0 Å². The molecule has 1 aliphatic heterocycles. The Bertz CT molecular complexity index is 258. The maximum atomic E-state index is 10.4. The van der Waals surface area contributed by atoms with Gasteiger partial charge in [0.2, 0.25) is 0 Å². The van der Waals surface area contributed by atoms with Crippen LogP contribution in [0.15, 0.2) is 16.8 Å². The third-order valence-electron chi connectivity index (χ3n) is 1.70. The topological polar surface area (TPSA) is 87.7 Å². The predicted octanol–water partition coefficient (Wildman–Crippen LogP) is -0.652. The Morgan fingerprint density at radius 2 is 2.46 bits per heavy atom. The second-order valence-electron chi connectivity index (χ2n) is 2.81. The highest BCUT2D eigenvalue weighted by atomic mass is 16.4. The minimum atomic E-state index is -1.10. The number of nitrogens with two attached hydrogens (primary N) is 1. The van der Waals surface area contributed by atoms with Gasteiger partial charge in [0, 0.05) is 13.1 Å². The molecule has 0 saturated carbocycles. The van der Waals surface area contributed by atoms with Crippen LogP contribution in [0.5, 0.6) is 0 Å². The molecule has 0 aromatic heterocycles. The zero-order chi connectivity index (χ0) is 9.68. The summed E-state index contributed by atoms with van der Waals surface area (Å²) in [5.74, 6) is -1.10. The summed E-state index contributed by atoms with van der Waals surface area (Å²) in [6.07, 6.45) is 2.38. The van der Waals surface area contributed by atoms with Crippen LogP contribution >= 0.6 is 0 Å². The molecule has 5 nitrogen and oxygen atoms in total. The highest BCUT2D eigenvalue weighted by Crippen LogP contribution is 1.93. The number of hydrogen-bond acceptors (Lipinski definition) is 4. The third-order valence-corrected chi connectivity index (χ3v) is 1.70. The van der Waals surface area contributed by atoms with E-state index in [9.17, 15) is 4.79 Å². The molecule has 1 rings (SSSR count). The molecule has 5 heteroatoms. The van der Waals surface area contributed by atoms with Gasteiger partial charge >= 0.3 is 5.97 Å². The lowest BCUT2D eigenvalue weighted by molar-refractivity contribution is -0.132. The molecule has 0 bridgehead atoms. The number of hydrogen-bond donors (Lipinski definition) is 3. The van der Waals surface area contributed by atoms with Gasteiger partial charge in [-0.15, -0.1) is 0 Å². The fourth-order valence-electron chi connectivity index (χ4n) is 1.04. The molecule has 0 spiro atoms. The van der Waals surface area contributed by atoms with E-state index in [4.69, 9.17) is 10.8 Å². The summed E-state index contributed by atoms with van der Waals surface area (Å²) in [4.78, 5) is 14.6. The van der Waals surface area contributed by atoms with Gasteiger partial charge < -0.3 is 16.2 Å². The Balaban J connectivity index is 2.65. The van der Waals surface area contributed by atoms with Crippen LogP contribution in [-0.2, 0) is 4.79 Å². The normalized spacial score (nSPS) is 19.1. The molecule has 1 aliphatic rings. The lowest BCUT2D eigenvalue weighted by Gasteiger charge is -1.99. The summed E-state index contributed by atoms with van der Waals surface area (Å²) in [6.45, 7) is 2.23. The first-order valence-corrected chi connectivity index (χ1v) is 4.14. The van der Waals surface area contributed by atoms with E-state index in [2.05, 4.69) is 10.3 Å². The lowest BCUT2D eigenvalue weighted by Crippen LogP contribution is -2.22. The summed E-state index contributed by atoms with van der Waals surface area (Å²) >= 11 is 0. The van der Waals surface area contributed by atoms with Gasteiger partial charge in [0.1, 0.15) is 5.70 Å². The number of nitrogens with zero attached hydrogens (tertiary/aromatic N) is 1. The van der Waals surface area contributed by atoms with E-state index in [-0.39, 0.29) is 5.70 Å². The largest absolute Gasteiger partial charge is 0.477 e. The van der Waals surface area contributed by atoms with Gasteiger partial charge in [0.25, 0.3) is 0 Å². The Labute approximate surface area is 76.3 Å².